The van der Waals surface area contributed by atoms with Crippen molar-refractivity contribution in [3.63, 3.8) is 0 Å². The molecule has 1 N–H and O–H groups in total. The van der Waals surface area contributed by atoms with Crippen molar-refractivity contribution >= 4 is 0 Å². The molecule has 0 bridgehead atoms. The predicted octanol–water partition coefficient (Wildman–Crippen LogP) is 3.91. The van der Waals surface area contributed by atoms with Crippen LogP contribution in [0.15, 0.2) is 0 Å². The Bertz CT molecular complexity index is 281. The van der Waals surface area contributed by atoms with Gasteiger partial charge in [0.15, 0.2) is 0 Å². The number of piperazine rings is 1. The molecule has 20 heavy (non-hydrogen) atoms. The second-order valence-corrected chi connectivity index (χ2v) is 7.99. The Morgan fingerprint density at radius 2 is 1.90 bits per heavy atom. The number of hydrogen-bond acceptors (Lipinski definition) is 2. The third-order valence-electron chi connectivity index (χ3n) is 5.68. The molecule has 2 fully saturated rings. The molecule has 2 unspecified atom stereocenters. The fourth-order valence-electron chi connectivity index (χ4n) is 4.54. The average molecular weight is 280 g/mol. The molecule has 1 aliphatic carbocycles. The maximum atomic E-state index is 3.74. The molecule has 0 aromatic carbocycles. The zero-order valence-corrected chi connectivity index (χ0v) is 14.3. The van der Waals surface area contributed by atoms with Crippen LogP contribution >= 0.6 is 0 Å². The van der Waals surface area contributed by atoms with Crippen molar-refractivity contribution < 1.29 is 0 Å². The molecule has 2 nitrogen and oxygen atoms in total. The monoisotopic (exact) mass is 280 g/mol. The van der Waals surface area contributed by atoms with Crippen LogP contribution in [0.2, 0.25) is 0 Å². The van der Waals surface area contributed by atoms with Crippen LogP contribution < -0.4 is 5.32 Å². The average Bonchev–Trinajstić information content (AvgIpc) is 2.85. The maximum absolute atomic E-state index is 3.74. The lowest BCUT2D eigenvalue weighted by atomic mass is 9.78. The smallest absolute Gasteiger partial charge is 0.0221 e. The van der Waals surface area contributed by atoms with Gasteiger partial charge in [-0.2, -0.15) is 0 Å². The van der Waals surface area contributed by atoms with Crippen molar-refractivity contribution in [3.8, 4) is 0 Å². The summed E-state index contributed by atoms with van der Waals surface area (Å²) in [6.45, 7) is 14.6. The maximum Gasteiger partial charge on any atom is 0.0221 e. The second kappa shape index (κ2) is 7.26. The highest BCUT2D eigenvalue weighted by atomic mass is 15.2. The van der Waals surface area contributed by atoms with Gasteiger partial charge in [0.05, 0.1) is 0 Å². The van der Waals surface area contributed by atoms with Crippen molar-refractivity contribution in [2.45, 2.75) is 72.3 Å². The molecule has 1 heterocycles. The molecule has 2 rings (SSSR count). The van der Waals surface area contributed by atoms with Crippen LogP contribution in [0.25, 0.3) is 0 Å². The first kappa shape index (κ1) is 16.3. The minimum Gasteiger partial charge on any atom is -0.311 e. The minimum atomic E-state index is 0.644. The number of nitrogens with zero attached hydrogens (tertiary/aromatic N) is 1. The molecular weight excluding hydrogens is 244 g/mol. The first-order chi connectivity index (χ1) is 9.54. The SMILES string of the molecule is CCC(C)C1CN(CC2(CC(C)C)CCCC2)CCN1. The van der Waals surface area contributed by atoms with E-state index in [1.165, 1.54) is 64.7 Å². The van der Waals surface area contributed by atoms with Crippen molar-refractivity contribution in [1.82, 2.24) is 10.2 Å². The van der Waals surface area contributed by atoms with E-state index in [1.54, 1.807) is 0 Å². The van der Waals surface area contributed by atoms with Crippen LogP contribution in [-0.4, -0.2) is 37.1 Å². The Labute approximate surface area is 126 Å². The van der Waals surface area contributed by atoms with E-state index >= 15 is 0 Å². The molecular formula is C18H36N2. The van der Waals surface area contributed by atoms with Crippen LogP contribution in [-0.2, 0) is 0 Å². The Balaban J connectivity index is 1.93. The zero-order valence-electron chi connectivity index (χ0n) is 14.3. The first-order valence-electron chi connectivity index (χ1n) is 9.00. The molecule has 2 aliphatic rings. The molecule has 118 valence electrons. The van der Waals surface area contributed by atoms with Crippen molar-refractivity contribution in [1.29, 1.82) is 0 Å². The Morgan fingerprint density at radius 1 is 1.20 bits per heavy atom. The largest absolute Gasteiger partial charge is 0.311 e. The predicted molar refractivity (Wildman–Crippen MR) is 88.0 cm³/mol. The second-order valence-electron chi connectivity index (χ2n) is 7.99. The molecule has 1 aliphatic heterocycles. The van der Waals surface area contributed by atoms with E-state index in [4.69, 9.17) is 0 Å². The van der Waals surface area contributed by atoms with E-state index in [9.17, 15) is 0 Å². The summed E-state index contributed by atoms with van der Waals surface area (Å²) in [6, 6.07) is 0.714. The summed E-state index contributed by atoms with van der Waals surface area (Å²) in [5.41, 5.74) is 0.644. The summed E-state index contributed by atoms with van der Waals surface area (Å²) in [5, 5.41) is 3.74. The van der Waals surface area contributed by atoms with E-state index in [-0.39, 0.29) is 0 Å². The van der Waals surface area contributed by atoms with E-state index in [0.29, 0.717) is 11.5 Å². The molecule has 2 atom stereocenters. The van der Waals surface area contributed by atoms with Crippen LogP contribution in [0.4, 0.5) is 0 Å². The standard InChI is InChI=1S/C18H36N2/c1-5-16(4)17-13-20(11-10-19-17)14-18(12-15(2)3)8-6-7-9-18/h15-17,19H,5-14H2,1-4H3. The summed E-state index contributed by atoms with van der Waals surface area (Å²) in [4.78, 5) is 2.78. The lowest BCUT2D eigenvalue weighted by Gasteiger charge is -2.42. The highest BCUT2D eigenvalue weighted by Gasteiger charge is 2.37. The minimum absolute atomic E-state index is 0.644. The molecule has 0 radical (unpaired) electrons. The highest BCUT2D eigenvalue weighted by Crippen LogP contribution is 2.43. The summed E-state index contributed by atoms with van der Waals surface area (Å²) in [5.74, 6) is 1.66. The quantitative estimate of drug-likeness (QED) is 0.793. The highest BCUT2D eigenvalue weighted by molar-refractivity contribution is 4.91. The van der Waals surface area contributed by atoms with Crippen LogP contribution in [0, 0.1) is 17.3 Å². The Kier molecular flexibility index (Phi) is 5.92. The van der Waals surface area contributed by atoms with Gasteiger partial charge in [-0.1, -0.05) is 47.0 Å². The molecule has 1 saturated heterocycles. The number of rotatable bonds is 6. The molecule has 0 spiro atoms. The van der Waals surface area contributed by atoms with Gasteiger partial charge in [0.25, 0.3) is 0 Å². The zero-order chi connectivity index (χ0) is 14.6. The fraction of sp³-hybridized carbons (Fsp3) is 1.00. The van der Waals surface area contributed by atoms with Gasteiger partial charge in [0, 0.05) is 32.2 Å². The van der Waals surface area contributed by atoms with Gasteiger partial charge in [0.2, 0.25) is 0 Å². The van der Waals surface area contributed by atoms with Gasteiger partial charge in [-0.05, 0) is 36.5 Å². The Hall–Kier alpha value is -0.0800. The first-order valence-corrected chi connectivity index (χ1v) is 9.00. The van der Waals surface area contributed by atoms with Crippen molar-refractivity contribution in [3.05, 3.63) is 0 Å². The van der Waals surface area contributed by atoms with Crippen LogP contribution in [0.1, 0.15) is 66.2 Å². The van der Waals surface area contributed by atoms with Gasteiger partial charge in [-0.25, -0.2) is 0 Å². The third kappa shape index (κ3) is 4.21. The van der Waals surface area contributed by atoms with E-state index in [0.717, 1.165) is 11.8 Å². The lowest BCUT2D eigenvalue weighted by molar-refractivity contribution is 0.0908. The van der Waals surface area contributed by atoms with Crippen LogP contribution in [0.5, 0.6) is 0 Å². The third-order valence-corrected chi connectivity index (χ3v) is 5.68. The molecule has 1 saturated carbocycles. The summed E-state index contributed by atoms with van der Waals surface area (Å²) in [7, 11) is 0. The molecule has 0 aromatic rings. The van der Waals surface area contributed by atoms with Crippen molar-refractivity contribution in [2.24, 2.45) is 17.3 Å². The number of hydrogen-bond donors (Lipinski definition) is 1. The molecule has 0 aromatic heterocycles. The Morgan fingerprint density at radius 3 is 2.50 bits per heavy atom. The topological polar surface area (TPSA) is 15.3 Å². The normalized spacial score (nSPS) is 28.9. The van der Waals surface area contributed by atoms with Gasteiger partial charge < -0.3 is 5.32 Å². The van der Waals surface area contributed by atoms with E-state index in [2.05, 4.69) is 37.9 Å². The lowest BCUT2D eigenvalue weighted by Crippen LogP contribution is -2.55. The van der Waals surface area contributed by atoms with E-state index < -0.39 is 0 Å². The van der Waals surface area contributed by atoms with Crippen LogP contribution in [0.3, 0.4) is 0 Å². The summed E-state index contributed by atoms with van der Waals surface area (Å²) in [6.07, 6.45) is 8.61. The van der Waals surface area contributed by atoms with Crippen molar-refractivity contribution in [2.75, 3.05) is 26.2 Å². The van der Waals surface area contributed by atoms with Gasteiger partial charge in [0.1, 0.15) is 0 Å². The summed E-state index contributed by atoms with van der Waals surface area (Å²) >= 11 is 0. The summed E-state index contributed by atoms with van der Waals surface area (Å²) < 4.78 is 0. The number of nitrogens with one attached hydrogen (secondary N) is 1. The fourth-order valence-corrected chi connectivity index (χ4v) is 4.54. The molecule has 2 heteroatoms. The van der Waals surface area contributed by atoms with Gasteiger partial charge in [-0.3, -0.25) is 4.90 Å². The van der Waals surface area contributed by atoms with Gasteiger partial charge >= 0.3 is 0 Å². The van der Waals surface area contributed by atoms with Gasteiger partial charge in [-0.15, -0.1) is 0 Å². The van der Waals surface area contributed by atoms with E-state index in [1.807, 2.05) is 0 Å². The molecule has 0 amide bonds.